The van der Waals surface area contributed by atoms with Crippen molar-refractivity contribution in [3.05, 3.63) is 48.1 Å². The first-order chi connectivity index (χ1) is 17.3. The van der Waals surface area contributed by atoms with Gasteiger partial charge < -0.3 is 23.5 Å². The maximum absolute atomic E-state index is 13.0. The van der Waals surface area contributed by atoms with Crippen LogP contribution >= 0.6 is 11.6 Å². The number of aromatic nitrogens is 6. The van der Waals surface area contributed by atoms with E-state index in [1.165, 1.54) is 34.2 Å². The van der Waals surface area contributed by atoms with Gasteiger partial charge in [-0.3, -0.25) is 4.72 Å². The van der Waals surface area contributed by atoms with Gasteiger partial charge in [0.2, 0.25) is 12.7 Å². The summed E-state index contributed by atoms with van der Waals surface area (Å²) in [7, 11) is -0.742. The van der Waals surface area contributed by atoms with Crippen molar-refractivity contribution in [2.45, 2.75) is 5.03 Å². The van der Waals surface area contributed by atoms with Gasteiger partial charge in [0.1, 0.15) is 19.0 Å². The molecule has 1 aliphatic heterocycles. The molecule has 0 unspecified atom stereocenters. The molecule has 0 saturated heterocycles. The van der Waals surface area contributed by atoms with Crippen molar-refractivity contribution in [2.75, 3.05) is 24.7 Å². The van der Waals surface area contributed by atoms with E-state index in [0.29, 0.717) is 27.6 Å². The van der Waals surface area contributed by atoms with E-state index in [0.717, 1.165) is 0 Å². The fourth-order valence-electron chi connectivity index (χ4n) is 3.38. The van der Waals surface area contributed by atoms with E-state index >= 15 is 0 Å². The molecule has 5 rings (SSSR count). The number of ether oxygens (including phenoxy) is 4. The molecule has 0 bridgehead atoms. The topological polar surface area (TPSA) is 145 Å². The van der Waals surface area contributed by atoms with Crippen LogP contribution in [0.15, 0.2) is 48.1 Å². The lowest BCUT2D eigenvalue weighted by atomic mass is 10.1. The van der Waals surface area contributed by atoms with E-state index in [4.69, 9.17) is 30.5 Å². The molecular formula is C21H20ClN7O6S. The van der Waals surface area contributed by atoms with Crippen LogP contribution in [-0.4, -0.2) is 57.7 Å². The molecule has 1 aromatic carbocycles. The van der Waals surface area contributed by atoms with E-state index in [2.05, 4.69) is 24.8 Å². The van der Waals surface area contributed by atoms with Gasteiger partial charge in [-0.1, -0.05) is 17.7 Å². The third kappa shape index (κ3) is 4.85. The number of benzene rings is 1. The Hall–Kier alpha value is -4.04. The summed E-state index contributed by atoms with van der Waals surface area (Å²) in [4.78, 5) is 11.9. The number of imidazole rings is 1. The lowest BCUT2D eigenvalue weighted by Crippen LogP contribution is -2.16. The number of aryl methyl sites for hydroxylation is 2. The van der Waals surface area contributed by atoms with Crippen LogP contribution in [0.25, 0.3) is 11.1 Å². The van der Waals surface area contributed by atoms with Gasteiger partial charge in [0.25, 0.3) is 10.0 Å². The van der Waals surface area contributed by atoms with Crippen LogP contribution in [0, 0.1) is 0 Å². The van der Waals surface area contributed by atoms with Crippen molar-refractivity contribution in [1.82, 2.24) is 29.3 Å². The fourth-order valence-corrected chi connectivity index (χ4v) is 4.56. The van der Waals surface area contributed by atoms with Crippen molar-refractivity contribution in [1.29, 1.82) is 0 Å². The molecule has 0 atom stereocenters. The van der Waals surface area contributed by atoms with Crippen LogP contribution in [0.5, 0.6) is 23.4 Å². The predicted octanol–water partition coefficient (Wildman–Crippen LogP) is 2.25. The molecule has 0 spiro atoms. The quantitative estimate of drug-likeness (QED) is 0.318. The number of anilines is 1. The second-order valence-electron chi connectivity index (χ2n) is 7.58. The summed E-state index contributed by atoms with van der Waals surface area (Å²) in [6.07, 6.45) is 5.63. The summed E-state index contributed by atoms with van der Waals surface area (Å²) >= 11 is 5.78. The number of halogens is 1. The van der Waals surface area contributed by atoms with Gasteiger partial charge in [0, 0.05) is 20.3 Å². The lowest BCUT2D eigenvalue weighted by molar-refractivity contribution is 0.174. The molecule has 0 aliphatic carbocycles. The first kappa shape index (κ1) is 23.7. The number of nitrogens with one attached hydrogen (secondary N) is 1. The number of sulfonamides is 1. The second-order valence-corrected chi connectivity index (χ2v) is 9.65. The molecule has 0 fully saturated rings. The van der Waals surface area contributed by atoms with E-state index in [-0.39, 0.29) is 42.7 Å². The smallest absolute Gasteiger partial charge is 0.316 e. The van der Waals surface area contributed by atoms with Crippen molar-refractivity contribution in [3.63, 3.8) is 0 Å². The molecular weight excluding hydrogens is 514 g/mol. The Kier molecular flexibility index (Phi) is 6.28. The molecule has 13 nitrogen and oxygen atoms in total. The Morgan fingerprint density at radius 3 is 2.58 bits per heavy atom. The lowest BCUT2D eigenvalue weighted by Gasteiger charge is -2.11. The molecule has 0 radical (unpaired) electrons. The molecule has 3 aromatic heterocycles. The minimum Gasteiger partial charge on any atom is -0.472 e. The second kappa shape index (κ2) is 9.54. The van der Waals surface area contributed by atoms with Crippen LogP contribution in [0.1, 0.15) is 0 Å². The molecule has 1 aliphatic rings. The van der Waals surface area contributed by atoms with Crippen LogP contribution in [0.4, 0.5) is 5.82 Å². The van der Waals surface area contributed by atoms with Crippen LogP contribution in [0.2, 0.25) is 5.02 Å². The summed E-state index contributed by atoms with van der Waals surface area (Å²) < 4.78 is 53.8. The zero-order valence-corrected chi connectivity index (χ0v) is 20.7. The van der Waals surface area contributed by atoms with Crippen molar-refractivity contribution in [2.24, 2.45) is 14.1 Å². The molecule has 36 heavy (non-hydrogen) atoms. The predicted molar refractivity (Wildman–Crippen MR) is 127 cm³/mol. The minimum atomic E-state index is -4.01. The van der Waals surface area contributed by atoms with Crippen molar-refractivity contribution < 1.29 is 27.4 Å². The first-order valence-corrected chi connectivity index (χ1v) is 12.4. The number of hydrogen-bond donors (Lipinski definition) is 1. The van der Waals surface area contributed by atoms with Crippen molar-refractivity contribution >= 4 is 27.4 Å². The summed E-state index contributed by atoms with van der Waals surface area (Å²) in [5.41, 5.74) is 1.00. The first-order valence-electron chi connectivity index (χ1n) is 10.5. The van der Waals surface area contributed by atoms with E-state index in [1.807, 2.05) is 0 Å². The van der Waals surface area contributed by atoms with E-state index in [9.17, 15) is 8.42 Å². The summed E-state index contributed by atoms with van der Waals surface area (Å²) in [5, 5.41) is 4.64. The monoisotopic (exact) mass is 533 g/mol. The fraction of sp³-hybridized carbons (Fsp3) is 0.238. The normalized spacial score (nSPS) is 12.5. The number of fused-ring (bicyclic) bond motifs is 1. The van der Waals surface area contributed by atoms with Crippen LogP contribution < -0.4 is 23.7 Å². The highest BCUT2D eigenvalue weighted by molar-refractivity contribution is 7.92. The maximum atomic E-state index is 13.0. The zero-order chi connectivity index (χ0) is 25.3. The van der Waals surface area contributed by atoms with Crippen LogP contribution in [-0.2, 0) is 24.1 Å². The molecule has 4 heterocycles. The van der Waals surface area contributed by atoms with Crippen LogP contribution in [0.3, 0.4) is 0 Å². The summed E-state index contributed by atoms with van der Waals surface area (Å²) in [5.74, 6) is 1.45. The molecule has 15 heteroatoms. The largest absolute Gasteiger partial charge is 0.472 e. The Bertz CT molecular complexity index is 1500. The molecule has 188 valence electrons. The van der Waals surface area contributed by atoms with Gasteiger partial charge in [-0.15, -0.1) is 5.10 Å². The van der Waals surface area contributed by atoms with E-state index in [1.54, 1.807) is 32.3 Å². The Morgan fingerprint density at radius 2 is 1.83 bits per heavy atom. The minimum absolute atomic E-state index is 0.0764. The number of hydrogen-bond acceptors (Lipinski definition) is 10. The molecule has 0 saturated carbocycles. The van der Waals surface area contributed by atoms with Gasteiger partial charge in [-0.05, 0) is 17.7 Å². The standard InChI is InChI=1S/C21H20ClN7O6S/c1-28-10-17(25-11-28)36(30,31)27-19-18(13-3-4-15-16(7-13)35-12-34-15)20(26-29(19)2)32-5-6-33-21-23-8-14(22)9-24-21/h3-4,7-11,27H,5-6,12H2,1-2H3. The highest BCUT2D eigenvalue weighted by atomic mass is 35.5. The van der Waals surface area contributed by atoms with Gasteiger partial charge in [-0.25, -0.2) is 19.6 Å². The highest BCUT2D eigenvalue weighted by Gasteiger charge is 2.27. The van der Waals surface area contributed by atoms with Gasteiger partial charge in [0.15, 0.2) is 16.5 Å². The Labute approximate surface area is 210 Å². The third-order valence-electron chi connectivity index (χ3n) is 5.01. The molecule has 1 N–H and O–H groups in total. The molecule has 4 aromatic rings. The number of rotatable bonds is 9. The van der Waals surface area contributed by atoms with Crippen molar-refractivity contribution in [3.8, 4) is 34.5 Å². The highest BCUT2D eigenvalue weighted by Crippen LogP contribution is 2.42. The summed E-state index contributed by atoms with van der Waals surface area (Å²) in [6, 6.07) is 5.35. The average Bonchev–Trinajstić information content (AvgIpc) is 3.57. The van der Waals surface area contributed by atoms with Gasteiger partial charge in [0.05, 0.1) is 29.3 Å². The zero-order valence-electron chi connectivity index (χ0n) is 19.1. The van der Waals surface area contributed by atoms with Gasteiger partial charge >= 0.3 is 6.01 Å². The van der Waals surface area contributed by atoms with E-state index < -0.39 is 10.0 Å². The average molecular weight is 534 g/mol. The maximum Gasteiger partial charge on any atom is 0.316 e. The molecule has 0 amide bonds. The van der Waals surface area contributed by atoms with Gasteiger partial charge in [-0.2, -0.15) is 8.42 Å². The summed E-state index contributed by atoms with van der Waals surface area (Å²) in [6.45, 7) is 0.277. The number of nitrogens with zero attached hydrogens (tertiary/aromatic N) is 6. The third-order valence-corrected chi connectivity index (χ3v) is 6.43. The Morgan fingerprint density at radius 1 is 1.08 bits per heavy atom. The SMILES string of the molecule is Cn1cnc(S(=O)(=O)Nc2c(-c3ccc4c(c3)OCO4)c(OCCOc3ncc(Cl)cn3)nn2C)c1. The Balaban J connectivity index is 1.44.